The van der Waals surface area contributed by atoms with Crippen molar-refractivity contribution in [2.45, 2.75) is 33.2 Å². The zero-order valence-corrected chi connectivity index (χ0v) is 17.7. The Hall–Kier alpha value is -2.99. The topological polar surface area (TPSA) is 60.1 Å². The van der Waals surface area contributed by atoms with Crippen LogP contribution < -0.4 is 5.56 Å². The molecule has 5 rings (SSSR count). The van der Waals surface area contributed by atoms with Crippen LogP contribution in [0.15, 0.2) is 35.4 Å². The zero-order valence-electron chi connectivity index (χ0n) is 17.7. The van der Waals surface area contributed by atoms with Crippen LogP contribution in [0, 0.1) is 0 Å². The van der Waals surface area contributed by atoms with E-state index in [2.05, 4.69) is 34.4 Å². The first-order valence-electron chi connectivity index (χ1n) is 10.7. The first-order valence-corrected chi connectivity index (χ1v) is 10.7. The number of nitrogens with zero attached hydrogens (tertiary/aromatic N) is 4. The van der Waals surface area contributed by atoms with E-state index in [1.54, 1.807) is 13.4 Å². The molecule has 6 heteroatoms. The highest BCUT2D eigenvalue weighted by Gasteiger charge is 2.26. The predicted octanol–water partition coefficient (Wildman–Crippen LogP) is 3.51. The lowest BCUT2D eigenvalue weighted by Gasteiger charge is -2.19. The molecule has 30 heavy (non-hydrogen) atoms. The second-order valence-corrected chi connectivity index (χ2v) is 8.10. The predicted molar refractivity (Wildman–Crippen MR) is 120 cm³/mol. The minimum atomic E-state index is -0.0467. The van der Waals surface area contributed by atoms with E-state index in [1.165, 1.54) is 4.57 Å². The number of carbonyl (C=O) groups excluding carboxylic acids is 1. The van der Waals surface area contributed by atoms with Crippen LogP contribution in [0.3, 0.4) is 0 Å². The summed E-state index contributed by atoms with van der Waals surface area (Å²) in [6.07, 6.45) is 2.90. The molecule has 0 amide bonds. The highest BCUT2D eigenvalue weighted by atomic mass is 16.1. The molecule has 0 aliphatic heterocycles. The molecule has 0 N–H and O–H groups in total. The van der Waals surface area contributed by atoms with Gasteiger partial charge in [-0.1, -0.05) is 13.8 Å². The number of Topliss-reactive ketones (excluding diaryl/α,β-unsaturated/α-hetero) is 1. The molecule has 154 valence electrons. The third-order valence-corrected chi connectivity index (χ3v) is 6.63. The third kappa shape index (κ3) is 2.63. The van der Waals surface area contributed by atoms with Gasteiger partial charge in [-0.25, -0.2) is 4.98 Å². The van der Waals surface area contributed by atoms with Crippen LogP contribution in [0.4, 0.5) is 0 Å². The van der Waals surface area contributed by atoms with Crippen molar-refractivity contribution in [1.82, 2.24) is 19.0 Å². The summed E-state index contributed by atoms with van der Waals surface area (Å²) in [4.78, 5) is 32.2. The van der Waals surface area contributed by atoms with Gasteiger partial charge < -0.3 is 14.0 Å². The fourth-order valence-corrected chi connectivity index (χ4v) is 4.93. The van der Waals surface area contributed by atoms with Crippen LogP contribution >= 0.6 is 0 Å². The lowest BCUT2D eigenvalue weighted by molar-refractivity contribution is 0.0994. The number of ketones is 1. The summed E-state index contributed by atoms with van der Waals surface area (Å²) in [6.45, 7) is 8.19. The number of likely N-dealkylation sites (N-methyl/N-ethyl adjacent to an activating group) is 1. The van der Waals surface area contributed by atoms with Crippen molar-refractivity contribution in [1.29, 1.82) is 0 Å². The molecule has 0 saturated heterocycles. The fourth-order valence-electron chi connectivity index (χ4n) is 4.93. The second-order valence-electron chi connectivity index (χ2n) is 8.10. The smallest absolute Gasteiger partial charge is 0.260 e. The molecule has 6 nitrogen and oxygen atoms in total. The van der Waals surface area contributed by atoms with E-state index in [1.807, 2.05) is 18.2 Å². The van der Waals surface area contributed by atoms with Crippen molar-refractivity contribution in [3.63, 3.8) is 0 Å². The van der Waals surface area contributed by atoms with Crippen molar-refractivity contribution in [3.05, 3.63) is 52.1 Å². The van der Waals surface area contributed by atoms with E-state index >= 15 is 0 Å². The number of fused-ring (bicyclic) bond motifs is 7. The molecule has 4 aromatic rings. The largest absolute Gasteiger partial charge is 0.339 e. The molecular formula is C24H26N4O2. The minimum absolute atomic E-state index is 0.0467. The monoisotopic (exact) mass is 402 g/mol. The van der Waals surface area contributed by atoms with Crippen LogP contribution in [0.25, 0.3) is 32.7 Å². The van der Waals surface area contributed by atoms with Crippen LogP contribution in [0.1, 0.15) is 36.2 Å². The first-order chi connectivity index (χ1) is 14.5. The Morgan fingerprint density at radius 3 is 2.50 bits per heavy atom. The lowest BCUT2D eigenvalue weighted by atomic mass is 10.0. The zero-order chi connectivity index (χ0) is 21.0. The molecule has 0 spiro atoms. The second kappa shape index (κ2) is 7.06. The van der Waals surface area contributed by atoms with Gasteiger partial charge >= 0.3 is 0 Å². The Bertz CT molecular complexity index is 1380. The Morgan fingerprint density at radius 1 is 1.00 bits per heavy atom. The van der Waals surface area contributed by atoms with E-state index in [0.29, 0.717) is 11.8 Å². The van der Waals surface area contributed by atoms with Gasteiger partial charge in [0.15, 0.2) is 5.78 Å². The summed E-state index contributed by atoms with van der Waals surface area (Å²) in [6, 6.07) is 8.00. The number of benzene rings is 2. The van der Waals surface area contributed by atoms with Gasteiger partial charge in [-0.3, -0.25) is 9.59 Å². The van der Waals surface area contributed by atoms with Gasteiger partial charge in [0.25, 0.3) is 5.56 Å². The number of hydrogen-bond acceptors (Lipinski definition) is 4. The van der Waals surface area contributed by atoms with Crippen LogP contribution in [-0.4, -0.2) is 44.4 Å². The Kier molecular flexibility index (Phi) is 4.47. The molecule has 2 aromatic carbocycles. The molecule has 0 saturated carbocycles. The molecule has 2 aromatic heterocycles. The maximum Gasteiger partial charge on any atom is 0.260 e. The molecular weight excluding hydrogens is 376 g/mol. The summed E-state index contributed by atoms with van der Waals surface area (Å²) >= 11 is 0. The summed E-state index contributed by atoms with van der Waals surface area (Å²) in [7, 11) is 1.72. The molecule has 0 atom stereocenters. The molecule has 1 aliphatic rings. The van der Waals surface area contributed by atoms with Crippen molar-refractivity contribution < 1.29 is 4.79 Å². The standard InChI is InChI=1S/C24H26N4O2/c1-4-27(5-2)12-13-28-18-9-6-15-16(8-11-20(15)29)21(18)22-19(28)10-7-17-23(22)25-14-26(3)24(17)30/h6-7,9-10,14H,4-5,8,11-13H2,1-3H3. The highest BCUT2D eigenvalue weighted by Crippen LogP contribution is 2.39. The minimum Gasteiger partial charge on any atom is -0.339 e. The quantitative estimate of drug-likeness (QED) is 0.513. The van der Waals surface area contributed by atoms with Crippen molar-refractivity contribution in [2.24, 2.45) is 7.05 Å². The van der Waals surface area contributed by atoms with Crippen molar-refractivity contribution in [3.8, 4) is 0 Å². The maximum absolute atomic E-state index is 12.7. The van der Waals surface area contributed by atoms with Crippen LogP contribution in [-0.2, 0) is 20.0 Å². The maximum atomic E-state index is 12.7. The number of rotatable bonds is 5. The summed E-state index contributed by atoms with van der Waals surface area (Å²) < 4.78 is 3.85. The Morgan fingerprint density at radius 2 is 1.73 bits per heavy atom. The molecule has 0 radical (unpaired) electrons. The molecule has 0 fully saturated rings. The normalized spacial score (nSPS) is 13.9. The van der Waals surface area contributed by atoms with E-state index in [0.717, 1.165) is 71.0 Å². The molecule has 1 aliphatic carbocycles. The highest BCUT2D eigenvalue weighted by molar-refractivity contribution is 6.22. The average Bonchev–Trinajstić information content (AvgIpc) is 3.29. The van der Waals surface area contributed by atoms with E-state index in [-0.39, 0.29) is 11.3 Å². The van der Waals surface area contributed by atoms with Gasteiger partial charge in [0.2, 0.25) is 0 Å². The molecule has 2 heterocycles. The van der Waals surface area contributed by atoms with Gasteiger partial charge in [-0.05, 0) is 49.3 Å². The van der Waals surface area contributed by atoms with Gasteiger partial charge in [-0.2, -0.15) is 0 Å². The number of aromatic nitrogens is 3. The van der Waals surface area contributed by atoms with Crippen LogP contribution in [0.5, 0.6) is 0 Å². The first kappa shape index (κ1) is 19.0. The molecule has 0 bridgehead atoms. The van der Waals surface area contributed by atoms with Crippen LogP contribution in [0.2, 0.25) is 0 Å². The van der Waals surface area contributed by atoms with Gasteiger partial charge in [-0.15, -0.1) is 0 Å². The van der Waals surface area contributed by atoms with E-state index < -0.39 is 0 Å². The summed E-state index contributed by atoms with van der Waals surface area (Å²) in [5.74, 6) is 0.208. The Labute approximate surface area is 174 Å². The summed E-state index contributed by atoms with van der Waals surface area (Å²) in [5, 5.41) is 2.72. The average molecular weight is 402 g/mol. The SMILES string of the molecule is CCN(CC)CCn1c2ccc3c(c2c2c4ncn(C)c(=O)c4ccc21)CCC3=O. The third-order valence-electron chi connectivity index (χ3n) is 6.63. The van der Waals surface area contributed by atoms with E-state index in [4.69, 9.17) is 0 Å². The van der Waals surface area contributed by atoms with Gasteiger partial charge in [0, 0.05) is 48.4 Å². The number of aryl methyl sites for hydroxylation is 2. The summed E-state index contributed by atoms with van der Waals surface area (Å²) in [5.41, 5.74) is 4.83. The number of carbonyl (C=O) groups is 1. The lowest BCUT2D eigenvalue weighted by Crippen LogP contribution is -2.27. The van der Waals surface area contributed by atoms with Gasteiger partial charge in [0.1, 0.15) is 0 Å². The number of hydrogen-bond donors (Lipinski definition) is 0. The van der Waals surface area contributed by atoms with Crippen molar-refractivity contribution >= 4 is 38.5 Å². The van der Waals surface area contributed by atoms with Crippen molar-refractivity contribution in [2.75, 3.05) is 19.6 Å². The van der Waals surface area contributed by atoms with Gasteiger partial charge in [0.05, 0.1) is 22.7 Å². The fraction of sp³-hybridized carbons (Fsp3) is 0.375. The molecule has 0 unspecified atom stereocenters. The van der Waals surface area contributed by atoms with E-state index in [9.17, 15) is 9.59 Å². The Balaban J connectivity index is 1.88.